The molecule has 0 aliphatic rings. The van der Waals surface area contributed by atoms with Crippen LogP contribution in [0.15, 0.2) is 30.5 Å². The number of rotatable bonds is 5. The van der Waals surface area contributed by atoms with E-state index in [1.807, 2.05) is 31.0 Å². The summed E-state index contributed by atoms with van der Waals surface area (Å²) in [6, 6.07) is 8.21. The lowest BCUT2D eigenvalue weighted by Crippen LogP contribution is -2.49. The highest BCUT2D eigenvalue weighted by atomic mass is 16.4. The summed E-state index contributed by atoms with van der Waals surface area (Å²) in [6.45, 7) is 6.84. The summed E-state index contributed by atoms with van der Waals surface area (Å²) in [7, 11) is 2.02. The van der Waals surface area contributed by atoms with Crippen molar-refractivity contribution in [3.05, 3.63) is 36.0 Å². The molecular formula is C16H22N2O2. The van der Waals surface area contributed by atoms with E-state index in [9.17, 15) is 9.90 Å². The van der Waals surface area contributed by atoms with E-state index in [4.69, 9.17) is 0 Å². The molecule has 2 aromatic rings. The van der Waals surface area contributed by atoms with Gasteiger partial charge in [-0.2, -0.15) is 0 Å². The van der Waals surface area contributed by atoms with Gasteiger partial charge in [-0.25, -0.2) is 0 Å². The van der Waals surface area contributed by atoms with Crippen LogP contribution in [-0.4, -0.2) is 32.6 Å². The minimum atomic E-state index is -0.869. The Labute approximate surface area is 119 Å². The maximum atomic E-state index is 11.4. The Hall–Kier alpha value is -1.81. The first kappa shape index (κ1) is 14.6. The Balaban J connectivity index is 2.38. The number of carbonyl (C=O) groups is 1. The van der Waals surface area contributed by atoms with Crippen LogP contribution >= 0.6 is 0 Å². The highest BCUT2D eigenvalue weighted by molar-refractivity contribution is 5.84. The minimum Gasteiger partial charge on any atom is -0.480 e. The number of fused-ring (bicyclic) bond motifs is 1. The van der Waals surface area contributed by atoms with Gasteiger partial charge in [-0.05, 0) is 32.0 Å². The number of aryl methyl sites for hydroxylation is 1. The van der Waals surface area contributed by atoms with Crippen LogP contribution in [0.5, 0.6) is 0 Å². The lowest BCUT2D eigenvalue weighted by atomic mass is 10.0. The second kappa shape index (κ2) is 5.29. The van der Waals surface area contributed by atoms with E-state index < -0.39 is 11.5 Å². The van der Waals surface area contributed by atoms with Gasteiger partial charge in [0, 0.05) is 30.7 Å². The maximum absolute atomic E-state index is 11.4. The molecule has 0 bridgehead atoms. The highest BCUT2D eigenvalue weighted by Gasteiger charge is 2.33. The fourth-order valence-corrected chi connectivity index (χ4v) is 2.60. The number of likely N-dealkylation sites (N-methyl/N-ethyl adjacent to an activating group) is 1. The van der Waals surface area contributed by atoms with Crippen LogP contribution in [0.3, 0.4) is 0 Å². The maximum Gasteiger partial charge on any atom is 0.323 e. The van der Waals surface area contributed by atoms with E-state index in [0.29, 0.717) is 13.1 Å². The third-order valence-electron chi connectivity index (χ3n) is 4.04. The van der Waals surface area contributed by atoms with E-state index >= 15 is 0 Å². The second-order valence-electron chi connectivity index (χ2n) is 5.66. The van der Waals surface area contributed by atoms with Crippen molar-refractivity contribution in [3.63, 3.8) is 0 Å². The van der Waals surface area contributed by atoms with Gasteiger partial charge in [-0.3, -0.25) is 9.69 Å². The molecule has 2 rings (SSSR count). The van der Waals surface area contributed by atoms with Crippen LogP contribution in [0.2, 0.25) is 0 Å². The SMILES string of the molecule is CCN(Cc1cn(C)c2ccccc12)C(C)(C)C(=O)O. The van der Waals surface area contributed by atoms with Crippen LogP contribution in [-0.2, 0) is 18.4 Å². The Morgan fingerprint density at radius 1 is 1.35 bits per heavy atom. The molecule has 4 heteroatoms. The van der Waals surface area contributed by atoms with Crippen molar-refractivity contribution in [1.29, 1.82) is 0 Å². The normalized spacial score (nSPS) is 12.2. The summed E-state index contributed by atoms with van der Waals surface area (Å²) < 4.78 is 2.09. The van der Waals surface area contributed by atoms with Crippen LogP contribution in [0.25, 0.3) is 10.9 Å². The zero-order chi connectivity index (χ0) is 14.9. The molecule has 0 amide bonds. The standard InChI is InChI=1S/C16H22N2O2/c1-5-18(16(2,3)15(19)20)11-12-10-17(4)14-9-7-6-8-13(12)14/h6-10H,5,11H2,1-4H3,(H,19,20). The molecule has 0 spiro atoms. The van der Waals surface area contributed by atoms with E-state index in [2.05, 4.69) is 22.9 Å². The number of carboxylic acid groups (broad SMARTS) is 1. The fourth-order valence-electron chi connectivity index (χ4n) is 2.60. The average Bonchev–Trinajstić information content (AvgIpc) is 2.73. The summed E-state index contributed by atoms with van der Waals surface area (Å²) in [5.41, 5.74) is 1.47. The topological polar surface area (TPSA) is 45.5 Å². The van der Waals surface area contributed by atoms with Gasteiger partial charge in [-0.15, -0.1) is 0 Å². The summed E-state index contributed by atoms with van der Waals surface area (Å²) in [6.07, 6.45) is 2.09. The second-order valence-corrected chi connectivity index (χ2v) is 5.66. The van der Waals surface area contributed by atoms with Crippen LogP contribution in [0, 0.1) is 0 Å². The Morgan fingerprint density at radius 3 is 2.60 bits per heavy atom. The van der Waals surface area contributed by atoms with Gasteiger partial charge in [0.2, 0.25) is 0 Å². The van der Waals surface area contributed by atoms with Gasteiger partial charge < -0.3 is 9.67 Å². The molecule has 0 aliphatic heterocycles. The summed E-state index contributed by atoms with van der Waals surface area (Å²) in [5, 5.41) is 10.6. The number of aromatic nitrogens is 1. The first-order valence-electron chi connectivity index (χ1n) is 6.89. The van der Waals surface area contributed by atoms with Crippen LogP contribution < -0.4 is 0 Å². The predicted octanol–water partition coefficient (Wildman–Crippen LogP) is 2.86. The Bertz CT molecular complexity index is 628. The molecule has 0 unspecified atom stereocenters. The van der Waals surface area contributed by atoms with Gasteiger partial charge in [-0.1, -0.05) is 25.1 Å². The van der Waals surface area contributed by atoms with E-state index in [-0.39, 0.29) is 0 Å². The minimum absolute atomic E-state index is 0.636. The van der Waals surface area contributed by atoms with E-state index in [1.165, 1.54) is 16.5 Å². The molecule has 0 atom stereocenters. The molecule has 108 valence electrons. The highest BCUT2D eigenvalue weighted by Crippen LogP contribution is 2.25. The predicted molar refractivity (Wildman–Crippen MR) is 80.7 cm³/mol. The molecule has 4 nitrogen and oxygen atoms in total. The van der Waals surface area contributed by atoms with Crippen LogP contribution in [0.4, 0.5) is 0 Å². The molecular weight excluding hydrogens is 252 g/mol. The third-order valence-corrected chi connectivity index (χ3v) is 4.04. The summed E-state index contributed by atoms with van der Waals surface area (Å²) in [4.78, 5) is 13.4. The molecule has 20 heavy (non-hydrogen) atoms. The summed E-state index contributed by atoms with van der Waals surface area (Å²) >= 11 is 0. The van der Waals surface area contributed by atoms with Crippen molar-refractivity contribution >= 4 is 16.9 Å². The smallest absolute Gasteiger partial charge is 0.323 e. The number of nitrogens with zero attached hydrogens (tertiary/aromatic N) is 2. The molecule has 0 fully saturated rings. The van der Waals surface area contributed by atoms with E-state index in [0.717, 1.165) is 0 Å². The molecule has 0 saturated heterocycles. The van der Waals surface area contributed by atoms with Crippen molar-refractivity contribution in [3.8, 4) is 0 Å². The van der Waals surface area contributed by atoms with Crippen LogP contribution in [0.1, 0.15) is 26.3 Å². The van der Waals surface area contributed by atoms with Crippen molar-refractivity contribution in [2.24, 2.45) is 7.05 Å². The number of para-hydroxylation sites is 1. The molecule has 0 saturated carbocycles. The number of aliphatic carboxylic acids is 1. The fraction of sp³-hybridized carbons (Fsp3) is 0.438. The Morgan fingerprint density at radius 2 is 2.00 bits per heavy atom. The van der Waals surface area contributed by atoms with Gasteiger partial charge in [0.25, 0.3) is 0 Å². The van der Waals surface area contributed by atoms with Gasteiger partial charge >= 0.3 is 5.97 Å². The average molecular weight is 274 g/mol. The quantitative estimate of drug-likeness (QED) is 0.912. The zero-order valence-electron chi connectivity index (χ0n) is 12.6. The molecule has 1 aromatic carbocycles. The first-order valence-corrected chi connectivity index (χ1v) is 6.89. The molecule has 0 radical (unpaired) electrons. The van der Waals surface area contributed by atoms with Crippen molar-refractivity contribution < 1.29 is 9.90 Å². The monoisotopic (exact) mass is 274 g/mol. The third kappa shape index (κ3) is 2.43. The summed E-state index contributed by atoms with van der Waals surface area (Å²) in [5.74, 6) is -0.792. The number of hydrogen-bond acceptors (Lipinski definition) is 2. The molecule has 0 aliphatic carbocycles. The van der Waals surface area contributed by atoms with Gasteiger partial charge in [0.05, 0.1) is 0 Å². The zero-order valence-corrected chi connectivity index (χ0v) is 12.6. The number of benzene rings is 1. The van der Waals surface area contributed by atoms with Crippen molar-refractivity contribution in [1.82, 2.24) is 9.47 Å². The van der Waals surface area contributed by atoms with Gasteiger partial charge in [0.1, 0.15) is 5.54 Å². The number of carboxylic acids is 1. The molecule has 1 aromatic heterocycles. The van der Waals surface area contributed by atoms with Gasteiger partial charge in [0.15, 0.2) is 0 Å². The Kier molecular flexibility index (Phi) is 3.86. The van der Waals surface area contributed by atoms with E-state index in [1.54, 1.807) is 13.8 Å². The molecule has 1 heterocycles. The number of hydrogen-bond donors (Lipinski definition) is 1. The lowest BCUT2D eigenvalue weighted by Gasteiger charge is -2.34. The van der Waals surface area contributed by atoms with Crippen molar-refractivity contribution in [2.45, 2.75) is 32.9 Å². The first-order chi connectivity index (χ1) is 9.37. The molecule has 1 N–H and O–H groups in total. The lowest BCUT2D eigenvalue weighted by molar-refractivity contribution is -0.149. The largest absolute Gasteiger partial charge is 0.480 e. The van der Waals surface area contributed by atoms with Crippen molar-refractivity contribution in [2.75, 3.05) is 6.54 Å².